The lowest BCUT2D eigenvalue weighted by molar-refractivity contribution is -0.114. The fourth-order valence-electron chi connectivity index (χ4n) is 1.99. The van der Waals surface area contributed by atoms with E-state index in [0.29, 0.717) is 26.4 Å². The summed E-state index contributed by atoms with van der Waals surface area (Å²) >= 11 is 0. The molecule has 5 heteroatoms. The summed E-state index contributed by atoms with van der Waals surface area (Å²) in [5.41, 5.74) is 1.86. The van der Waals surface area contributed by atoms with Crippen molar-refractivity contribution in [2.75, 3.05) is 49.7 Å². The lowest BCUT2D eigenvalue weighted by Crippen LogP contribution is -2.31. The maximum atomic E-state index is 11.2. The van der Waals surface area contributed by atoms with Crippen LogP contribution in [0.15, 0.2) is 24.3 Å². The van der Waals surface area contributed by atoms with Crippen molar-refractivity contribution in [1.29, 1.82) is 0 Å². The number of hydrogen-bond donors (Lipinski definition) is 1. The van der Waals surface area contributed by atoms with E-state index in [1.165, 1.54) is 6.92 Å². The average molecular weight is 294 g/mol. The molecule has 1 aromatic rings. The molecule has 21 heavy (non-hydrogen) atoms. The number of carbonyl (C=O) groups excluding carboxylic acids is 1. The maximum Gasteiger partial charge on any atom is 0.221 e. The highest BCUT2D eigenvalue weighted by Crippen LogP contribution is 2.19. The minimum absolute atomic E-state index is 0.0673. The summed E-state index contributed by atoms with van der Waals surface area (Å²) in [6, 6.07) is 7.83. The van der Waals surface area contributed by atoms with Gasteiger partial charge in [0, 0.05) is 44.6 Å². The molecule has 0 atom stereocenters. The Morgan fingerprint density at radius 2 is 1.76 bits per heavy atom. The lowest BCUT2D eigenvalue weighted by atomic mass is 10.2. The molecular weight excluding hydrogens is 268 g/mol. The van der Waals surface area contributed by atoms with Crippen LogP contribution < -0.4 is 10.2 Å². The Morgan fingerprint density at radius 3 is 2.29 bits per heavy atom. The predicted molar refractivity (Wildman–Crippen MR) is 85.9 cm³/mol. The molecule has 1 amide bonds. The normalized spacial score (nSPS) is 10.4. The van der Waals surface area contributed by atoms with Crippen LogP contribution in [0.5, 0.6) is 0 Å². The van der Waals surface area contributed by atoms with Crippen molar-refractivity contribution >= 4 is 17.3 Å². The number of nitrogens with zero attached hydrogens (tertiary/aromatic N) is 1. The first-order valence-corrected chi connectivity index (χ1v) is 7.45. The summed E-state index contributed by atoms with van der Waals surface area (Å²) in [6.07, 6.45) is 0. The van der Waals surface area contributed by atoms with Gasteiger partial charge in [-0.15, -0.1) is 0 Å². The van der Waals surface area contributed by atoms with Gasteiger partial charge in [-0.25, -0.2) is 0 Å². The summed E-state index contributed by atoms with van der Waals surface area (Å²) in [7, 11) is 0. The topological polar surface area (TPSA) is 50.8 Å². The summed E-state index contributed by atoms with van der Waals surface area (Å²) in [4.78, 5) is 13.4. The van der Waals surface area contributed by atoms with Gasteiger partial charge in [0.25, 0.3) is 0 Å². The quantitative estimate of drug-likeness (QED) is 0.674. The van der Waals surface area contributed by atoms with Crippen LogP contribution in [0.3, 0.4) is 0 Å². The van der Waals surface area contributed by atoms with Crippen LogP contribution in [0.2, 0.25) is 0 Å². The van der Waals surface area contributed by atoms with Crippen LogP contribution in [-0.2, 0) is 14.3 Å². The molecule has 0 heterocycles. The SMILES string of the molecule is CCOCCN(CCOCC)c1cccc(NC(C)=O)c1. The van der Waals surface area contributed by atoms with Gasteiger partial charge in [0.05, 0.1) is 13.2 Å². The number of carbonyl (C=O) groups is 1. The van der Waals surface area contributed by atoms with E-state index in [2.05, 4.69) is 10.2 Å². The van der Waals surface area contributed by atoms with E-state index in [9.17, 15) is 4.79 Å². The summed E-state index contributed by atoms with van der Waals surface area (Å²) in [5.74, 6) is -0.0673. The smallest absolute Gasteiger partial charge is 0.221 e. The Bertz CT molecular complexity index is 414. The zero-order valence-corrected chi connectivity index (χ0v) is 13.2. The van der Waals surface area contributed by atoms with Gasteiger partial charge < -0.3 is 19.7 Å². The van der Waals surface area contributed by atoms with Crippen LogP contribution in [-0.4, -0.2) is 45.4 Å². The summed E-state index contributed by atoms with van der Waals surface area (Å²) < 4.78 is 10.9. The van der Waals surface area contributed by atoms with E-state index < -0.39 is 0 Å². The van der Waals surface area contributed by atoms with Crippen molar-refractivity contribution in [1.82, 2.24) is 0 Å². The summed E-state index contributed by atoms with van der Waals surface area (Å²) in [6.45, 7) is 9.85. The van der Waals surface area contributed by atoms with E-state index in [1.54, 1.807) is 0 Å². The molecule has 0 spiro atoms. The molecule has 0 saturated heterocycles. The van der Waals surface area contributed by atoms with Gasteiger partial charge in [-0.2, -0.15) is 0 Å². The van der Waals surface area contributed by atoms with E-state index in [0.717, 1.165) is 24.5 Å². The van der Waals surface area contributed by atoms with Crippen molar-refractivity contribution in [3.63, 3.8) is 0 Å². The number of anilines is 2. The standard InChI is InChI=1S/C16H26N2O3/c1-4-20-11-9-18(10-12-21-5-2)16-8-6-7-15(13-16)17-14(3)19/h6-8,13H,4-5,9-12H2,1-3H3,(H,17,19). The third-order valence-corrected chi connectivity index (χ3v) is 2.95. The molecular formula is C16H26N2O3. The first kappa shape index (κ1) is 17.5. The van der Waals surface area contributed by atoms with Crippen molar-refractivity contribution < 1.29 is 14.3 Å². The number of hydrogen-bond acceptors (Lipinski definition) is 4. The third-order valence-electron chi connectivity index (χ3n) is 2.95. The Kier molecular flexibility index (Phi) is 8.47. The van der Waals surface area contributed by atoms with Crippen LogP contribution in [0.4, 0.5) is 11.4 Å². The molecule has 0 aliphatic rings. The number of nitrogens with one attached hydrogen (secondary N) is 1. The second kappa shape index (κ2) is 10.2. The van der Waals surface area contributed by atoms with Crippen molar-refractivity contribution in [3.8, 4) is 0 Å². The fourth-order valence-corrected chi connectivity index (χ4v) is 1.99. The first-order valence-electron chi connectivity index (χ1n) is 7.45. The molecule has 0 fully saturated rings. The Balaban J connectivity index is 2.72. The summed E-state index contributed by atoms with van der Waals surface area (Å²) in [5, 5.41) is 2.81. The molecule has 1 N–H and O–H groups in total. The zero-order valence-electron chi connectivity index (χ0n) is 13.2. The van der Waals surface area contributed by atoms with Gasteiger partial charge in [0.15, 0.2) is 0 Å². The second-order valence-corrected chi connectivity index (χ2v) is 4.61. The van der Waals surface area contributed by atoms with E-state index >= 15 is 0 Å². The predicted octanol–water partition coefficient (Wildman–Crippen LogP) is 2.52. The highest BCUT2D eigenvalue weighted by atomic mass is 16.5. The molecule has 118 valence electrons. The third kappa shape index (κ3) is 7.11. The van der Waals surface area contributed by atoms with Crippen LogP contribution in [0, 0.1) is 0 Å². The van der Waals surface area contributed by atoms with Gasteiger partial charge in [-0.1, -0.05) is 6.07 Å². The first-order chi connectivity index (χ1) is 10.2. The maximum absolute atomic E-state index is 11.2. The van der Waals surface area contributed by atoms with Gasteiger partial charge in [0.1, 0.15) is 0 Å². The highest BCUT2D eigenvalue weighted by Gasteiger charge is 2.07. The molecule has 5 nitrogen and oxygen atoms in total. The minimum Gasteiger partial charge on any atom is -0.380 e. The van der Waals surface area contributed by atoms with Crippen molar-refractivity contribution in [2.45, 2.75) is 20.8 Å². The molecule has 0 saturated carbocycles. The van der Waals surface area contributed by atoms with Gasteiger partial charge >= 0.3 is 0 Å². The Labute approximate surface area is 127 Å². The molecule has 1 rings (SSSR count). The molecule has 0 aliphatic carbocycles. The second-order valence-electron chi connectivity index (χ2n) is 4.61. The number of amides is 1. The van der Waals surface area contributed by atoms with Crippen molar-refractivity contribution in [3.05, 3.63) is 24.3 Å². The minimum atomic E-state index is -0.0673. The van der Waals surface area contributed by atoms with E-state index in [-0.39, 0.29) is 5.91 Å². The number of benzene rings is 1. The van der Waals surface area contributed by atoms with Crippen molar-refractivity contribution in [2.24, 2.45) is 0 Å². The average Bonchev–Trinajstić information content (AvgIpc) is 2.45. The molecule has 1 aromatic carbocycles. The highest BCUT2D eigenvalue weighted by molar-refractivity contribution is 5.89. The van der Waals surface area contributed by atoms with Crippen LogP contribution in [0.1, 0.15) is 20.8 Å². The largest absolute Gasteiger partial charge is 0.380 e. The van der Waals surface area contributed by atoms with Crippen LogP contribution in [0.25, 0.3) is 0 Å². The number of rotatable bonds is 10. The molecule has 0 bridgehead atoms. The Morgan fingerprint density at radius 1 is 1.14 bits per heavy atom. The van der Waals surface area contributed by atoms with Gasteiger partial charge in [-0.05, 0) is 32.0 Å². The zero-order chi connectivity index (χ0) is 15.5. The lowest BCUT2D eigenvalue weighted by Gasteiger charge is -2.25. The number of ether oxygens (including phenoxy) is 2. The van der Waals surface area contributed by atoms with Gasteiger partial charge in [-0.3, -0.25) is 4.79 Å². The van der Waals surface area contributed by atoms with E-state index in [1.807, 2.05) is 38.1 Å². The van der Waals surface area contributed by atoms with Crippen LogP contribution >= 0.6 is 0 Å². The molecule has 0 aliphatic heterocycles. The molecule has 0 aromatic heterocycles. The monoisotopic (exact) mass is 294 g/mol. The molecule has 0 radical (unpaired) electrons. The van der Waals surface area contributed by atoms with E-state index in [4.69, 9.17) is 9.47 Å². The fraction of sp³-hybridized carbons (Fsp3) is 0.562. The molecule has 0 unspecified atom stereocenters. The Hall–Kier alpha value is -1.59. The van der Waals surface area contributed by atoms with Gasteiger partial charge in [0.2, 0.25) is 5.91 Å².